The Labute approximate surface area is 117 Å². The van der Waals surface area contributed by atoms with Gasteiger partial charge in [-0.2, -0.15) is 0 Å². The molecule has 7 nitrogen and oxygen atoms in total. The summed E-state index contributed by atoms with van der Waals surface area (Å²) in [4.78, 5) is 10.9. The zero-order chi connectivity index (χ0) is 15.3. The van der Waals surface area contributed by atoms with Crippen LogP contribution >= 0.6 is 0 Å². The van der Waals surface area contributed by atoms with Gasteiger partial charge in [-0.25, -0.2) is 13.6 Å². The number of aliphatic hydroxyl groups excluding tert-OH is 2. The summed E-state index contributed by atoms with van der Waals surface area (Å²) in [5.41, 5.74) is -0.0631. The van der Waals surface area contributed by atoms with Gasteiger partial charge in [0.15, 0.2) is 0 Å². The Morgan fingerprint density at radius 1 is 1.35 bits per heavy atom. The number of carbonyl (C=O) groups is 1. The molecule has 112 valence electrons. The molecule has 0 aromatic heterocycles. The quantitative estimate of drug-likeness (QED) is 0.618. The minimum atomic E-state index is -4.04. The number of rotatable bonds is 6. The van der Waals surface area contributed by atoms with E-state index in [1.165, 1.54) is 24.3 Å². The van der Waals surface area contributed by atoms with Crippen LogP contribution in [0.25, 0.3) is 0 Å². The summed E-state index contributed by atoms with van der Waals surface area (Å²) in [6.07, 6.45) is -3.50. The van der Waals surface area contributed by atoms with E-state index in [0.29, 0.717) is 0 Å². The predicted molar refractivity (Wildman–Crippen MR) is 70.0 cm³/mol. The SMILES string of the molecule is CCOC(=O)CC(O)C(O)c1ccccc1S(N)(=O)=O. The Morgan fingerprint density at radius 3 is 2.50 bits per heavy atom. The standard InChI is InChI=1S/C12H17NO6S/c1-2-19-11(15)7-9(14)12(16)8-5-3-4-6-10(8)20(13,17)18/h3-6,9,12,14,16H,2,7H2,1H3,(H2,13,17,18). The van der Waals surface area contributed by atoms with Gasteiger partial charge in [-0.1, -0.05) is 18.2 Å². The number of hydrogen-bond donors (Lipinski definition) is 3. The highest BCUT2D eigenvalue weighted by Crippen LogP contribution is 2.25. The first-order chi connectivity index (χ1) is 9.27. The second-order valence-electron chi connectivity index (χ2n) is 4.10. The van der Waals surface area contributed by atoms with Crippen LogP contribution in [-0.4, -0.2) is 37.3 Å². The lowest BCUT2D eigenvalue weighted by Crippen LogP contribution is -2.25. The third kappa shape index (κ3) is 4.27. The van der Waals surface area contributed by atoms with Crippen LogP contribution < -0.4 is 5.14 Å². The Morgan fingerprint density at radius 2 is 1.95 bits per heavy atom. The van der Waals surface area contributed by atoms with E-state index >= 15 is 0 Å². The largest absolute Gasteiger partial charge is 0.466 e. The van der Waals surface area contributed by atoms with E-state index < -0.39 is 34.6 Å². The fraction of sp³-hybridized carbons (Fsp3) is 0.417. The third-order valence-electron chi connectivity index (χ3n) is 2.59. The maximum atomic E-state index is 11.4. The number of esters is 1. The molecule has 0 radical (unpaired) electrons. The van der Waals surface area contributed by atoms with E-state index in [2.05, 4.69) is 4.74 Å². The van der Waals surface area contributed by atoms with Gasteiger partial charge in [-0.3, -0.25) is 4.79 Å². The van der Waals surface area contributed by atoms with Gasteiger partial charge in [0, 0.05) is 5.56 Å². The van der Waals surface area contributed by atoms with Crippen LogP contribution in [0.15, 0.2) is 29.2 Å². The first-order valence-corrected chi connectivity index (χ1v) is 7.45. The number of sulfonamides is 1. The van der Waals surface area contributed by atoms with E-state index in [0.717, 1.165) is 0 Å². The van der Waals surface area contributed by atoms with Gasteiger partial charge in [0.05, 0.1) is 24.0 Å². The number of ether oxygens (including phenoxy) is 1. The molecular weight excluding hydrogens is 286 g/mol. The summed E-state index contributed by atoms with van der Waals surface area (Å²) in [7, 11) is -4.04. The van der Waals surface area contributed by atoms with Gasteiger partial charge in [0.25, 0.3) is 0 Å². The Kier molecular flexibility index (Phi) is 5.63. The second-order valence-corrected chi connectivity index (χ2v) is 5.63. The van der Waals surface area contributed by atoms with Crippen LogP contribution in [-0.2, 0) is 19.6 Å². The number of hydrogen-bond acceptors (Lipinski definition) is 6. The Bertz CT molecular complexity index is 571. The van der Waals surface area contributed by atoms with E-state index in [9.17, 15) is 23.4 Å². The van der Waals surface area contributed by atoms with Gasteiger partial charge < -0.3 is 14.9 Å². The maximum absolute atomic E-state index is 11.4. The predicted octanol–water partition coefficient (Wildman–Crippen LogP) is -0.318. The molecule has 0 bridgehead atoms. The molecule has 2 unspecified atom stereocenters. The molecule has 4 N–H and O–H groups in total. The molecule has 0 fully saturated rings. The van der Waals surface area contributed by atoms with Crippen LogP contribution in [0, 0.1) is 0 Å². The topological polar surface area (TPSA) is 127 Å². The molecule has 0 aliphatic heterocycles. The van der Waals surface area contributed by atoms with Crippen LogP contribution in [0.1, 0.15) is 25.0 Å². The lowest BCUT2D eigenvalue weighted by atomic mass is 10.0. The smallest absolute Gasteiger partial charge is 0.308 e. The van der Waals surface area contributed by atoms with E-state index in [1.54, 1.807) is 6.92 Å². The van der Waals surface area contributed by atoms with Crippen molar-refractivity contribution in [3.05, 3.63) is 29.8 Å². The summed E-state index contributed by atoms with van der Waals surface area (Å²) in [5.74, 6) is -0.688. The Balaban J connectivity index is 2.98. The number of benzene rings is 1. The zero-order valence-electron chi connectivity index (χ0n) is 10.9. The molecule has 0 aliphatic rings. The minimum Gasteiger partial charge on any atom is -0.466 e. The van der Waals surface area contributed by atoms with Crippen LogP contribution in [0.4, 0.5) is 0 Å². The fourth-order valence-corrected chi connectivity index (χ4v) is 2.48. The van der Waals surface area contributed by atoms with Crippen LogP contribution in [0.5, 0.6) is 0 Å². The van der Waals surface area contributed by atoms with Crippen molar-refractivity contribution in [1.29, 1.82) is 0 Å². The molecule has 0 saturated carbocycles. The number of primary sulfonamides is 1. The lowest BCUT2D eigenvalue weighted by Gasteiger charge is -2.19. The first-order valence-electron chi connectivity index (χ1n) is 5.90. The van der Waals surface area contributed by atoms with Crippen molar-refractivity contribution >= 4 is 16.0 Å². The van der Waals surface area contributed by atoms with Crippen molar-refractivity contribution in [2.24, 2.45) is 5.14 Å². The summed E-state index contributed by atoms with van der Waals surface area (Å²) >= 11 is 0. The molecular formula is C12H17NO6S. The molecule has 0 aliphatic carbocycles. The fourth-order valence-electron chi connectivity index (χ4n) is 1.69. The molecule has 0 spiro atoms. The molecule has 1 aromatic rings. The lowest BCUT2D eigenvalue weighted by molar-refractivity contribution is -0.147. The van der Waals surface area contributed by atoms with Crippen molar-refractivity contribution in [3.8, 4) is 0 Å². The van der Waals surface area contributed by atoms with Crippen molar-refractivity contribution in [1.82, 2.24) is 0 Å². The average Bonchev–Trinajstić information content (AvgIpc) is 2.37. The highest BCUT2D eigenvalue weighted by molar-refractivity contribution is 7.89. The molecule has 0 amide bonds. The molecule has 2 atom stereocenters. The van der Waals surface area contributed by atoms with Gasteiger partial charge in [0.1, 0.15) is 6.10 Å². The first kappa shape index (κ1) is 16.6. The molecule has 20 heavy (non-hydrogen) atoms. The summed E-state index contributed by atoms with van der Waals surface area (Å²) in [5, 5.41) is 24.8. The molecule has 0 saturated heterocycles. The Hall–Kier alpha value is -1.48. The van der Waals surface area contributed by atoms with Gasteiger partial charge in [-0.05, 0) is 13.0 Å². The summed E-state index contributed by atoms with van der Waals surface area (Å²) in [6, 6.07) is 5.46. The van der Waals surface area contributed by atoms with E-state index in [-0.39, 0.29) is 17.1 Å². The van der Waals surface area contributed by atoms with Crippen molar-refractivity contribution in [2.75, 3.05) is 6.61 Å². The van der Waals surface area contributed by atoms with Crippen molar-refractivity contribution < 1.29 is 28.2 Å². The number of carbonyl (C=O) groups excluding carboxylic acids is 1. The maximum Gasteiger partial charge on any atom is 0.308 e. The van der Waals surface area contributed by atoms with E-state index in [1.807, 2.05) is 0 Å². The molecule has 0 heterocycles. The normalized spacial score (nSPS) is 14.6. The molecule has 1 aromatic carbocycles. The second kappa shape index (κ2) is 6.80. The summed E-state index contributed by atoms with van der Waals surface area (Å²) < 4.78 is 27.4. The number of aliphatic hydroxyl groups is 2. The van der Waals surface area contributed by atoms with Crippen LogP contribution in [0.3, 0.4) is 0 Å². The minimum absolute atomic E-state index is 0.0631. The van der Waals surface area contributed by atoms with Crippen LogP contribution in [0.2, 0.25) is 0 Å². The average molecular weight is 303 g/mol. The molecule has 1 rings (SSSR count). The zero-order valence-corrected chi connectivity index (χ0v) is 11.7. The summed E-state index contributed by atoms with van der Waals surface area (Å²) in [6.45, 7) is 1.76. The molecule has 8 heteroatoms. The number of nitrogens with two attached hydrogens (primary N) is 1. The van der Waals surface area contributed by atoms with Gasteiger partial charge >= 0.3 is 5.97 Å². The van der Waals surface area contributed by atoms with Gasteiger partial charge in [0.2, 0.25) is 10.0 Å². The highest BCUT2D eigenvalue weighted by atomic mass is 32.2. The van der Waals surface area contributed by atoms with Crippen molar-refractivity contribution in [2.45, 2.75) is 30.4 Å². The third-order valence-corrected chi connectivity index (χ3v) is 3.57. The van der Waals surface area contributed by atoms with Gasteiger partial charge in [-0.15, -0.1) is 0 Å². The van der Waals surface area contributed by atoms with Crippen molar-refractivity contribution in [3.63, 3.8) is 0 Å². The monoisotopic (exact) mass is 303 g/mol. The highest BCUT2D eigenvalue weighted by Gasteiger charge is 2.26. The van der Waals surface area contributed by atoms with E-state index in [4.69, 9.17) is 5.14 Å².